The number of benzene rings is 1. The van der Waals surface area contributed by atoms with Crippen molar-refractivity contribution < 1.29 is 31.5 Å². The first-order chi connectivity index (χ1) is 20.8. The minimum absolute atomic E-state index is 0.0640. The van der Waals surface area contributed by atoms with E-state index in [2.05, 4.69) is 22.5 Å². The normalized spacial score (nSPS) is 22.5. The van der Waals surface area contributed by atoms with Crippen molar-refractivity contribution in [2.45, 2.75) is 64.0 Å². The topological polar surface area (TPSA) is 75.9 Å². The van der Waals surface area contributed by atoms with E-state index in [9.17, 15) is 32.0 Å². The molecular weight excluding hydrogens is 583 g/mol. The predicted molar refractivity (Wildman–Crippen MR) is 154 cm³/mol. The second kappa shape index (κ2) is 12.2. The molecule has 2 saturated heterocycles. The lowest BCUT2D eigenvalue weighted by Crippen LogP contribution is -2.59. The monoisotopic (exact) mass is 618 g/mol. The van der Waals surface area contributed by atoms with Crippen molar-refractivity contribution in [3.05, 3.63) is 58.8 Å². The number of anilines is 2. The maximum Gasteiger partial charge on any atom is 0.421 e. The highest BCUT2D eigenvalue weighted by Gasteiger charge is 2.41. The number of ether oxygens (including phenoxy) is 1. The average Bonchev–Trinajstić information content (AvgIpc) is 3.37. The molecule has 8 nitrogen and oxygen atoms in total. The number of carbonyl (C=O) groups is 1. The van der Waals surface area contributed by atoms with Gasteiger partial charge in [0.25, 0.3) is 5.91 Å². The largest absolute Gasteiger partial charge is 0.475 e. The van der Waals surface area contributed by atoms with E-state index in [1.54, 1.807) is 13.8 Å². The van der Waals surface area contributed by atoms with Crippen molar-refractivity contribution >= 4 is 17.3 Å². The van der Waals surface area contributed by atoms with Crippen LogP contribution >= 0.6 is 0 Å². The molecule has 3 aliphatic heterocycles. The van der Waals surface area contributed by atoms with E-state index in [-0.39, 0.29) is 62.4 Å². The van der Waals surface area contributed by atoms with Crippen LogP contribution in [-0.2, 0) is 23.9 Å². The van der Waals surface area contributed by atoms with Crippen LogP contribution in [0.2, 0.25) is 0 Å². The highest BCUT2D eigenvalue weighted by Crippen LogP contribution is 2.42. The van der Waals surface area contributed by atoms with Gasteiger partial charge in [0.1, 0.15) is 29.6 Å². The van der Waals surface area contributed by atoms with E-state index in [1.807, 2.05) is 11.9 Å². The number of alkyl halides is 3. The number of likely N-dealkylation sites (tertiary alicyclic amines) is 1. The Morgan fingerprint density at radius 2 is 1.89 bits per heavy atom. The summed E-state index contributed by atoms with van der Waals surface area (Å²) in [7, 11) is 1.99. The van der Waals surface area contributed by atoms with Gasteiger partial charge in [-0.25, -0.2) is 13.8 Å². The van der Waals surface area contributed by atoms with Crippen LogP contribution in [0.1, 0.15) is 49.1 Å². The van der Waals surface area contributed by atoms with Crippen LogP contribution in [0.4, 0.5) is 33.3 Å². The summed E-state index contributed by atoms with van der Waals surface area (Å²) >= 11 is 0. The fourth-order valence-corrected chi connectivity index (χ4v) is 6.76. The lowest BCUT2D eigenvalue weighted by atomic mass is 9.96. The molecule has 13 heteroatoms. The molecule has 0 saturated carbocycles. The standard InChI is InChI=1S/C31H35F5N6O2/c1-18-14-41(15-19(2)42(18)30(43)20(3)32)28-22-10-12-40(26-9-5-8-24(33)27(26)31(34,35)36)16-25(22)38-29(23(28)13-37)44-17-21-7-6-11-39(21)4/h5,8-9,18-19,21H,3,6-7,10-12,14-17H2,1-2,4H3/t18-,19+,21-/m0/s1. The summed E-state index contributed by atoms with van der Waals surface area (Å²) in [6.45, 7) is 8.49. The molecule has 44 heavy (non-hydrogen) atoms. The first-order valence-electron chi connectivity index (χ1n) is 14.6. The van der Waals surface area contributed by atoms with Gasteiger partial charge in [-0.3, -0.25) is 4.79 Å². The fourth-order valence-electron chi connectivity index (χ4n) is 6.76. The Hall–Kier alpha value is -3.92. The van der Waals surface area contributed by atoms with E-state index in [1.165, 1.54) is 21.9 Å². The third-order valence-corrected chi connectivity index (χ3v) is 8.81. The maximum atomic E-state index is 14.5. The number of aromatic nitrogens is 1. The molecule has 0 unspecified atom stereocenters. The molecule has 4 heterocycles. The third-order valence-electron chi connectivity index (χ3n) is 8.81. The molecule has 1 amide bonds. The zero-order chi connectivity index (χ0) is 31.9. The van der Waals surface area contributed by atoms with Gasteiger partial charge in [0.2, 0.25) is 5.88 Å². The number of hydrogen-bond acceptors (Lipinski definition) is 7. The van der Waals surface area contributed by atoms with Gasteiger partial charge < -0.3 is 24.3 Å². The summed E-state index contributed by atoms with van der Waals surface area (Å²) in [5.74, 6) is -3.13. The van der Waals surface area contributed by atoms with Crippen molar-refractivity contribution in [2.24, 2.45) is 0 Å². The van der Waals surface area contributed by atoms with Crippen molar-refractivity contribution in [1.29, 1.82) is 5.26 Å². The summed E-state index contributed by atoms with van der Waals surface area (Å²) < 4.78 is 76.2. The van der Waals surface area contributed by atoms with Crippen LogP contribution in [0, 0.1) is 17.1 Å². The number of halogens is 5. The Morgan fingerprint density at radius 1 is 1.18 bits per heavy atom. The predicted octanol–water partition coefficient (Wildman–Crippen LogP) is 5.06. The summed E-state index contributed by atoms with van der Waals surface area (Å²) in [5, 5.41) is 10.4. The second-order valence-corrected chi connectivity index (χ2v) is 11.8. The Bertz CT molecular complexity index is 1480. The Kier molecular flexibility index (Phi) is 8.75. The smallest absolute Gasteiger partial charge is 0.421 e. The molecule has 0 radical (unpaired) electrons. The van der Waals surface area contributed by atoms with Gasteiger partial charge in [0, 0.05) is 43.3 Å². The fraction of sp³-hybridized carbons (Fsp3) is 0.516. The lowest BCUT2D eigenvalue weighted by Gasteiger charge is -2.46. The van der Waals surface area contributed by atoms with E-state index >= 15 is 0 Å². The van der Waals surface area contributed by atoms with Crippen LogP contribution in [0.25, 0.3) is 0 Å². The highest BCUT2D eigenvalue weighted by molar-refractivity contribution is 5.91. The van der Waals surface area contributed by atoms with Gasteiger partial charge in [0.05, 0.1) is 23.6 Å². The second-order valence-electron chi connectivity index (χ2n) is 11.8. The Morgan fingerprint density at radius 3 is 2.48 bits per heavy atom. The SMILES string of the molecule is C=C(F)C(=O)N1[C@H](C)CN(c2c(C#N)c(OC[C@@H]3CCCN3C)nc3c2CCN(c2cccc(F)c2C(F)(F)F)C3)C[C@@H]1C. The molecule has 0 bridgehead atoms. The number of fused-ring (bicyclic) bond motifs is 1. The van der Waals surface area contributed by atoms with Crippen molar-refractivity contribution in [2.75, 3.05) is 49.6 Å². The first-order valence-corrected chi connectivity index (χ1v) is 14.6. The molecule has 0 N–H and O–H groups in total. The van der Waals surface area contributed by atoms with Gasteiger partial charge in [-0.1, -0.05) is 12.6 Å². The number of nitriles is 1. The summed E-state index contributed by atoms with van der Waals surface area (Å²) in [5.41, 5.74) is 0.235. The summed E-state index contributed by atoms with van der Waals surface area (Å²) in [6, 6.07) is 4.77. The van der Waals surface area contributed by atoms with Crippen LogP contribution in [0.15, 0.2) is 30.6 Å². The number of carbonyl (C=O) groups excluding carboxylic acids is 1. The van der Waals surface area contributed by atoms with Gasteiger partial charge in [-0.2, -0.15) is 18.4 Å². The van der Waals surface area contributed by atoms with Crippen LogP contribution in [0.3, 0.4) is 0 Å². The number of likely N-dealkylation sites (N-methyl/N-ethyl adjacent to an activating group) is 1. The number of nitrogens with zero attached hydrogens (tertiary/aromatic N) is 6. The number of amides is 1. The molecule has 2 fully saturated rings. The molecule has 1 aromatic heterocycles. The molecule has 3 atom stereocenters. The Balaban J connectivity index is 1.56. The Labute approximate surface area is 253 Å². The van der Waals surface area contributed by atoms with E-state index < -0.39 is 41.4 Å². The minimum atomic E-state index is -4.90. The first kappa shape index (κ1) is 31.5. The van der Waals surface area contributed by atoms with Crippen molar-refractivity contribution in [3.8, 4) is 11.9 Å². The number of rotatable bonds is 6. The zero-order valence-corrected chi connectivity index (χ0v) is 24.9. The van der Waals surface area contributed by atoms with Crippen LogP contribution < -0.4 is 14.5 Å². The molecule has 0 spiro atoms. The van der Waals surface area contributed by atoms with Crippen molar-refractivity contribution in [3.63, 3.8) is 0 Å². The number of hydrogen-bond donors (Lipinski definition) is 0. The highest BCUT2D eigenvalue weighted by atomic mass is 19.4. The minimum Gasteiger partial charge on any atom is -0.475 e. The van der Waals surface area contributed by atoms with E-state index in [0.29, 0.717) is 16.9 Å². The average molecular weight is 619 g/mol. The van der Waals surface area contributed by atoms with Crippen LogP contribution in [0.5, 0.6) is 5.88 Å². The molecule has 236 valence electrons. The van der Waals surface area contributed by atoms with Crippen molar-refractivity contribution in [1.82, 2.24) is 14.8 Å². The quantitative estimate of drug-likeness (QED) is 0.331. The lowest BCUT2D eigenvalue weighted by molar-refractivity contribution is -0.139. The molecule has 0 aliphatic carbocycles. The van der Waals surface area contributed by atoms with E-state index in [0.717, 1.165) is 25.5 Å². The summed E-state index contributed by atoms with van der Waals surface area (Å²) in [6.07, 6.45) is -2.75. The number of pyridine rings is 1. The zero-order valence-electron chi connectivity index (χ0n) is 24.9. The van der Waals surface area contributed by atoms with Gasteiger partial charge >= 0.3 is 6.18 Å². The van der Waals surface area contributed by atoms with Gasteiger partial charge in [0.15, 0.2) is 5.83 Å². The molecule has 1 aromatic carbocycles. The van der Waals surface area contributed by atoms with Gasteiger partial charge in [-0.15, -0.1) is 0 Å². The summed E-state index contributed by atoms with van der Waals surface area (Å²) in [4.78, 5) is 24.2. The molecule has 3 aliphatic rings. The molecule has 5 rings (SSSR count). The van der Waals surface area contributed by atoms with Gasteiger partial charge in [-0.05, 0) is 58.8 Å². The number of piperazine rings is 1. The van der Waals surface area contributed by atoms with Crippen LogP contribution in [-0.4, -0.2) is 78.7 Å². The molecule has 2 aromatic rings. The molecular formula is C31H35F5N6O2. The maximum absolute atomic E-state index is 14.5. The van der Waals surface area contributed by atoms with E-state index in [4.69, 9.17) is 4.74 Å². The third kappa shape index (κ3) is 5.92.